The molecule has 1 aromatic carbocycles. The summed E-state index contributed by atoms with van der Waals surface area (Å²) in [6, 6.07) is 6.58. The maximum Gasteiger partial charge on any atom is 0.216 e. The highest BCUT2D eigenvalue weighted by Gasteiger charge is 2.21. The number of nitrogens with zero attached hydrogens (tertiary/aromatic N) is 3. The molecule has 1 N–H and O–H groups in total. The van der Waals surface area contributed by atoms with Crippen molar-refractivity contribution in [1.82, 2.24) is 14.9 Å². The van der Waals surface area contributed by atoms with Crippen molar-refractivity contribution >= 4 is 24.4 Å². The van der Waals surface area contributed by atoms with E-state index in [1.165, 1.54) is 31.5 Å². The third kappa shape index (κ3) is 3.39. The molecule has 0 unspecified atom stereocenters. The second-order valence-corrected chi connectivity index (χ2v) is 6.04. The van der Waals surface area contributed by atoms with Crippen molar-refractivity contribution in [1.29, 1.82) is 0 Å². The Morgan fingerprint density at radius 3 is 2.83 bits per heavy atom. The molecule has 1 aliphatic rings. The average molecular weight is 329 g/mol. The van der Waals surface area contributed by atoms with Crippen LogP contribution >= 0.6 is 12.2 Å². The number of aromatic nitrogens is 3. The first kappa shape index (κ1) is 15.6. The van der Waals surface area contributed by atoms with Gasteiger partial charge in [0.2, 0.25) is 4.77 Å². The molecule has 0 spiro atoms. The molecule has 1 heterocycles. The van der Waals surface area contributed by atoms with E-state index < -0.39 is 5.97 Å². The first-order chi connectivity index (χ1) is 11.2. The number of aromatic amines is 1. The molecular weight excluding hydrogens is 312 g/mol. The number of hydrogen-bond acceptors (Lipinski definition) is 5. The maximum absolute atomic E-state index is 11.1. The Kier molecular flexibility index (Phi) is 4.66. The van der Waals surface area contributed by atoms with E-state index in [0.717, 1.165) is 18.7 Å². The Morgan fingerprint density at radius 2 is 2.09 bits per heavy atom. The Balaban J connectivity index is 1.93. The standard InChI is InChI=1S/C16H18N4O2S/c21-15(22)13-9-5-4-8-12(13)10-17-20-14(18-19-16(20)23)11-6-2-1-3-7-11/h4-5,8-11H,1-3,6-7H2,(H,19,23)(H,21,22)/p-1/b17-10-. The van der Waals surface area contributed by atoms with Gasteiger partial charge in [-0.25, -0.2) is 0 Å². The third-order valence-corrected chi connectivity index (χ3v) is 4.40. The molecule has 23 heavy (non-hydrogen) atoms. The molecular formula is C16H17N4O2S-. The monoisotopic (exact) mass is 329 g/mol. The molecule has 1 aromatic heterocycles. The number of carboxylic acids is 1. The second-order valence-electron chi connectivity index (χ2n) is 5.65. The summed E-state index contributed by atoms with van der Waals surface area (Å²) in [7, 11) is 0. The van der Waals surface area contributed by atoms with Gasteiger partial charge >= 0.3 is 0 Å². The highest BCUT2D eigenvalue weighted by Crippen LogP contribution is 2.31. The number of carboxylic acid groups (broad SMARTS) is 1. The summed E-state index contributed by atoms with van der Waals surface area (Å²) < 4.78 is 2.00. The summed E-state index contributed by atoms with van der Waals surface area (Å²) in [5.41, 5.74) is 0.579. The Hall–Kier alpha value is -2.28. The maximum atomic E-state index is 11.1. The van der Waals surface area contributed by atoms with E-state index in [0.29, 0.717) is 16.3 Å². The fourth-order valence-corrected chi connectivity index (χ4v) is 3.14. The normalized spacial score (nSPS) is 16.0. The molecule has 1 saturated carbocycles. The summed E-state index contributed by atoms with van der Waals surface area (Å²) in [4.78, 5) is 11.1. The smallest absolute Gasteiger partial charge is 0.216 e. The lowest BCUT2D eigenvalue weighted by molar-refractivity contribution is -0.255. The lowest BCUT2D eigenvalue weighted by atomic mass is 9.89. The van der Waals surface area contributed by atoms with Crippen molar-refractivity contribution in [3.05, 3.63) is 46.0 Å². The first-order valence-electron chi connectivity index (χ1n) is 7.69. The van der Waals surface area contributed by atoms with E-state index in [4.69, 9.17) is 12.2 Å². The lowest BCUT2D eigenvalue weighted by Gasteiger charge is -2.19. The minimum absolute atomic E-state index is 0.102. The van der Waals surface area contributed by atoms with E-state index in [-0.39, 0.29) is 5.56 Å². The van der Waals surface area contributed by atoms with Crippen LogP contribution in [0.2, 0.25) is 0 Å². The zero-order valence-electron chi connectivity index (χ0n) is 12.6. The zero-order valence-corrected chi connectivity index (χ0v) is 13.4. The van der Waals surface area contributed by atoms with Crippen LogP contribution in [-0.2, 0) is 0 Å². The van der Waals surface area contributed by atoms with Crippen molar-refractivity contribution < 1.29 is 9.90 Å². The SMILES string of the molecule is O=C([O-])c1ccccc1/C=N\n1c(C2CCCCC2)n[nH]c1=S. The van der Waals surface area contributed by atoms with Crippen molar-refractivity contribution in [2.24, 2.45) is 5.10 Å². The molecule has 1 fully saturated rings. The summed E-state index contributed by atoms with van der Waals surface area (Å²) in [5, 5.41) is 22.6. The van der Waals surface area contributed by atoms with Crippen molar-refractivity contribution in [3.63, 3.8) is 0 Å². The molecule has 6 nitrogen and oxygen atoms in total. The van der Waals surface area contributed by atoms with Gasteiger partial charge in [-0.15, -0.1) is 0 Å². The molecule has 0 radical (unpaired) electrons. The lowest BCUT2D eigenvalue weighted by Crippen LogP contribution is -2.23. The molecule has 0 aliphatic heterocycles. The number of carbonyl (C=O) groups is 1. The van der Waals surface area contributed by atoms with Gasteiger partial charge in [0.15, 0.2) is 5.82 Å². The molecule has 1 aliphatic carbocycles. The summed E-state index contributed by atoms with van der Waals surface area (Å²) in [6.45, 7) is 0. The summed E-state index contributed by atoms with van der Waals surface area (Å²) in [5.74, 6) is -0.0718. The first-order valence-corrected chi connectivity index (χ1v) is 8.09. The molecule has 7 heteroatoms. The highest BCUT2D eigenvalue weighted by molar-refractivity contribution is 7.71. The van der Waals surface area contributed by atoms with Crippen LogP contribution in [0.4, 0.5) is 0 Å². The van der Waals surface area contributed by atoms with Gasteiger partial charge in [-0.05, 0) is 25.1 Å². The molecule has 0 amide bonds. The second kappa shape index (κ2) is 6.87. The fraction of sp³-hybridized carbons (Fsp3) is 0.375. The van der Waals surface area contributed by atoms with Gasteiger partial charge in [-0.3, -0.25) is 5.10 Å². The van der Waals surface area contributed by atoms with Crippen LogP contribution in [0.15, 0.2) is 29.4 Å². The quantitative estimate of drug-likeness (QED) is 0.688. The minimum Gasteiger partial charge on any atom is -0.545 e. The minimum atomic E-state index is -1.23. The summed E-state index contributed by atoms with van der Waals surface area (Å²) >= 11 is 5.24. The van der Waals surface area contributed by atoms with E-state index in [2.05, 4.69) is 15.3 Å². The summed E-state index contributed by atoms with van der Waals surface area (Å²) in [6.07, 6.45) is 7.26. The topological polar surface area (TPSA) is 86.1 Å². The van der Waals surface area contributed by atoms with Crippen LogP contribution in [-0.4, -0.2) is 27.1 Å². The Morgan fingerprint density at radius 1 is 1.35 bits per heavy atom. The zero-order chi connectivity index (χ0) is 16.2. The number of nitrogens with one attached hydrogen (secondary N) is 1. The molecule has 2 aromatic rings. The molecule has 120 valence electrons. The number of aromatic carboxylic acids is 1. The van der Waals surface area contributed by atoms with Gasteiger partial charge in [-0.1, -0.05) is 43.5 Å². The molecule has 0 saturated heterocycles. The third-order valence-electron chi connectivity index (χ3n) is 4.14. The van der Waals surface area contributed by atoms with Crippen LogP contribution in [0, 0.1) is 4.77 Å². The van der Waals surface area contributed by atoms with E-state index in [1.54, 1.807) is 22.9 Å². The predicted octanol–water partition coefficient (Wildman–Crippen LogP) is 2.23. The van der Waals surface area contributed by atoms with Crippen LogP contribution in [0.25, 0.3) is 0 Å². The van der Waals surface area contributed by atoms with Gasteiger partial charge in [0.05, 0.1) is 12.2 Å². The van der Waals surface area contributed by atoms with Crippen LogP contribution < -0.4 is 5.11 Å². The number of carbonyl (C=O) groups excluding carboxylic acids is 1. The van der Waals surface area contributed by atoms with Crippen LogP contribution in [0.3, 0.4) is 0 Å². The number of H-pyrrole nitrogens is 1. The number of rotatable bonds is 4. The fourth-order valence-electron chi connectivity index (χ4n) is 2.96. The number of hydrogen-bond donors (Lipinski definition) is 1. The van der Waals surface area contributed by atoms with E-state index >= 15 is 0 Å². The molecule has 3 rings (SSSR count). The van der Waals surface area contributed by atoms with Crippen LogP contribution in [0.5, 0.6) is 0 Å². The van der Waals surface area contributed by atoms with Gasteiger partial charge in [0, 0.05) is 17.0 Å². The van der Waals surface area contributed by atoms with Crippen molar-refractivity contribution in [2.45, 2.75) is 38.0 Å². The van der Waals surface area contributed by atoms with Gasteiger partial charge in [0.25, 0.3) is 0 Å². The molecule has 0 atom stereocenters. The van der Waals surface area contributed by atoms with E-state index in [9.17, 15) is 9.90 Å². The predicted molar refractivity (Wildman–Crippen MR) is 87.0 cm³/mol. The van der Waals surface area contributed by atoms with Crippen molar-refractivity contribution in [2.75, 3.05) is 0 Å². The Labute approximate surface area is 138 Å². The highest BCUT2D eigenvalue weighted by atomic mass is 32.1. The molecule has 0 bridgehead atoms. The van der Waals surface area contributed by atoms with Gasteiger partial charge in [0.1, 0.15) is 0 Å². The van der Waals surface area contributed by atoms with Crippen LogP contribution in [0.1, 0.15) is 59.8 Å². The van der Waals surface area contributed by atoms with Gasteiger partial charge in [-0.2, -0.15) is 14.9 Å². The average Bonchev–Trinajstić information content (AvgIpc) is 2.94. The Bertz CT molecular complexity index is 787. The van der Waals surface area contributed by atoms with Gasteiger partial charge < -0.3 is 9.90 Å². The van der Waals surface area contributed by atoms with E-state index in [1.807, 2.05) is 0 Å². The number of benzene rings is 1. The van der Waals surface area contributed by atoms with Crippen molar-refractivity contribution in [3.8, 4) is 0 Å². The largest absolute Gasteiger partial charge is 0.545 e.